The van der Waals surface area contributed by atoms with E-state index >= 15 is 0 Å². The molecule has 0 aliphatic carbocycles. The maximum absolute atomic E-state index is 12.3. The van der Waals surface area contributed by atoms with E-state index in [0.29, 0.717) is 6.42 Å². The zero-order chi connectivity index (χ0) is 15.1. The predicted octanol–water partition coefficient (Wildman–Crippen LogP) is 0.0241. The van der Waals surface area contributed by atoms with Crippen molar-refractivity contribution in [2.75, 3.05) is 13.1 Å². The lowest BCUT2D eigenvalue weighted by Crippen LogP contribution is -2.54. The number of rotatable bonds is 3. The summed E-state index contributed by atoms with van der Waals surface area (Å²) in [4.78, 5) is 11.7. The molecule has 0 amide bonds. The first-order valence-electron chi connectivity index (χ1n) is 6.75. The lowest BCUT2D eigenvalue weighted by atomic mass is 10.0. The van der Waals surface area contributed by atoms with E-state index in [4.69, 9.17) is 9.47 Å². The maximum Gasteiger partial charge on any atom is 0.324 e. The van der Waals surface area contributed by atoms with Gasteiger partial charge in [-0.05, 0) is 27.7 Å². The third-order valence-electron chi connectivity index (χ3n) is 3.37. The number of hydrogen-bond acceptors (Lipinski definition) is 5. The van der Waals surface area contributed by atoms with Crippen LogP contribution in [0.25, 0.3) is 0 Å². The summed E-state index contributed by atoms with van der Waals surface area (Å²) in [6.07, 6.45) is 0.00476. The van der Waals surface area contributed by atoms with Gasteiger partial charge in [-0.3, -0.25) is 4.79 Å². The second kappa shape index (κ2) is 5.25. The molecule has 116 valence electrons. The van der Waals surface area contributed by atoms with Gasteiger partial charge in [0.1, 0.15) is 11.6 Å². The topological polar surface area (TPSA) is 84.9 Å². The highest BCUT2D eigenvalue weighted by Crippen LogP contribution is 2.26. The fourth-order valence-electron chi connectivity index (χ4n) is 2.63. The Morgan fingerprint density at radius 1 is 1.25 bits per heavy atom. The van der Waals surface area contributed by atoms with Crippen molar-refractivity contribution in [2.45, 2.75) is 58.0 Å². The Morgan fingerprint density at radius 3 is 2.25 bits per heavy atom. The molecular formula is C12H22N2O5S. The van der Waals surface area contributed by atoms with Crippen molar-refractivity contribution in [1.82, 2.24) is 9.03 Å². The molecule has 0 aromatic carbocycles. The van der Waals surface area contributed by atoms with Crippen LogP contribution in [0.5, 0.6) is 0 Å². The van der Waals surface area contributed by atoms with E-state index in [2.05, 4.69) is 4.72 Å². The van der Waals surface area contributed by atoms with Crippen LogP contribution in [0.3, 0.4) is 0 Å². The summed E-state index contributed by atoms with van der Waals surface area (Å²) in [6, 6.07) is -0.816. The molecule has 8 heteroatoms. The number of nitrogens with zero attached hydrogens (tertiary/aromatic N) is 1. The first kappa shape index (κ1) is 15.7. The van der Waals surface area contributed by atoms with Crippen LogP contribution in [0.1, 0.15) is 34.1 Å². The van der Waals surface area contributed by atoms with Crippen LogP contribution in [0.4, 0.5) is 0 Å². The molecule has 2 aliphatic rings. The van der Waals surface area contributed by atoms with Gasteiger partial charge in [-0.1, -0.05) is 0 Å². The van der Waals surface area contributed by atoms with Gasteiger partial charge in [0, 0.05) is 19.5 Å². The quantitative estimate of drug-likeness (QED) is 0.743. The molecule has 0 unspecified atom stereocenters. The van der Waals surface area contributed by atoms with Crippen LogP contribution in [0, 0.1) is 0 Å². The number of morpholine rings is 1. The number of carbonyl (C=O) groups excluding carboxylic acids is 1. The van der Waals surface area contributed by atoms with Crippen molar-refractivity contribution in [3.8, 4) is 0 Å². The molecule has 0 bridgehead atoms. The Labute approximate surface area is 119 Å². The monoisotopic (exact) mass is 306 g/mol. The Balaban J connectivity index is 2.06. The molecule has 3 atom stereocenters. The third-order valence-corrected chi connectivity index (χ3v) is 4.93. The van der Waals surface area contributed by atoms with Gasteiger partial charge in [-0.25, -0.2) is 0 Å². The standard InChI is InChI=1S/C12H22N2O5S/c1-8-6-14(7-9(2)18-8)20(16,17)13-10-5-12(3,4)19-11(10)15/h8-10,13H,5-7H2,1-4H3/t8-,9+,10-/m1/s1. The van der Waals surface area contributed by atoms with Crippen molar-refractivity contribution in [3.05, 3.63) is 0 Å². The van der Waals surface area contributed by atoms with Gasteiger partial charge in [-0.15, -0.1) is 0 Å². The number of ether oxygens (including phenoxy) is 2. The smallest absolute Gasteiger partial charge is 0.324 e. The van der Waals surface area contributed by atoms with Crippen LogP contribution >= 0.6 is 0 Å². The first-order chi connectivity index (χ1) is 9.09. The van der Waals surface area contributed by atoms with Gasteiger partial charge in [0.05, 0.1) is 12.2 Å². The van der Waals surface area contributed by atoms with Crippen LogP contribution in [0.15, 0.2) is 0 Å². The third kappa shape index (κ3) is 3.49. The van der Waals surface area contributed by atoms with Gasteiger partial charge in [0.15, 0.2) is 0 Å². The summed E-state index contributed by atoms with van der Waals surface area (Å²) in [5.41, 5.74) is -0.629. The maximum atomic E-state index is 12.3. The lowest BCUT2D eigenvalue weighted by Gasteiger charge is -2.34. The predicted molar refractivity (Wildman–Crippen MR) is 72.2 cm³/mol. The second-order valence-electron chi connectivity index (χ2n) is 6.13. The minimum absolute atomic E-state index is 0.165. The molecule has 20 heavy (non-hydrogen) atoms. The van der Waals surface area contributed by atoms with Gasteiger partial charge < -0.3 is 9.47 Å². The van der Waals surface area contributed by atoms with E-state index in [1.54, 1.807) is 13.8 Å². The average molecular weight is 306 g/mol. The summed E-state index contributed by atoms with van der Waals surface area (Å²) in [7, 11) is -3.71. The number of cyclic esters (lactones) is 1. The molecule has 1 N–H and O–H groups in total. The highest BCUT2D eigenvalue weighted by molar-refractivity contribution is 7.87. The number of esters is 1. The molecule has 0 aromatic heterocycles. The van der Waals surface area contributed by atoms with Gasteiger partial charge in [-0.2, -0.15) is 17.4 Å². The van der Waals surface area contributed by atoms with E-state index in [1.165, 1.54) is 4.31 Å². The fraction of sp³-hybridized carbons (Fsp3) is 0.917. The van der Waals surface area contributed by atoms with E-state index in [9.17, 15) is 13.2 Å². The Hall–Kier alpha value is -0.700. The molecule has 2 rings (SSSR count). The first-order valence-corrected chi connectivity index (χ1v) is 8.19. The summed E-state index contributed by atoms with van der Waals surface area (Å²) in [6.45, 7) is 7.74. The molecule has 2 fully saturated rings. The van der Waals surface area contributed by atoms with Crippen molar-refractivity contribution < 1.29 is 22.7 Å². The Bertz CT molecular complexity index is 480. The molecule has 7 nitrogen and oxygen atoms in total. The highest BCUT2D eigenvalue weighted by atomic mass is 32.2. The Morgan fingerprint density at radius 2 is 1.80 bits per heavy atom. The normalized spacial score (nSPS) is 35.0. The highest BCUT2D eigenvalue weighted by Gasteiger charge is 2.43. The van der Waals surface area contributed by atoms with E-state index in [0.717, 1.165) is 0 Å². The summed E-state index contributed by atoms with van der Waals surface area (Å²) in [5.74, 6) is -0.520. The van der Waals surface area contributed by atoms with Gasteiger partial charge in [0.25, 0.3) is 10.2 Å². The van der Waals surface area contributed by atoms with E-state index in [-0.39, 0.29) is 25.3 Å². The zero-order valence-corrected chi connectivity index (χ0v) is 13.1. The summed E-state index contributed by atoms with van der Waals surface area (Å²) >= 11 is 0. The van der Waals surface area contributed by atoms with Gasteiger partial charge in [0.2, 0.25) is 0 Å². The second-order valence-corrected chi connectivity index (χ2v) is 7.84. The molecule has 0 radical (unpaired) electrons. The molecule has 2 aliphatic heterocycles. The van der Waals surface area contributed by atoms with Crippen LogP contribution in [0.2, 0.25) is 0 Å². The molecule has 0 spiro atoms. The number of nitrogens with one attached hydrogen (secondary N) is 1. The Kier molecular flexibility index (Phi) is 4.12. The van der Waals surface area contributed by atoms with Crippen molar-refractivity contribution >= 4 is 16.2 Å². The molecule has 2 saturated heterocycles. The van der Waals surface area contributed by atoms with Crippen molar-refractivity contribution in [2.24, 2.45) is 0 Å². The van der Waals surface area contributed by atoms with Crippen LogP contribution < -0.4 is 4.72 Å². The zero-order valence-electron chi connectivity index (χ0n) is 12.3. The SMILES string of the molecule is C[C@@H]1CN(S(=O)(=O)N[C@@H]2CC(C)(C)OC2=O)C[C@H](C)O1. The number of hydrogen-bond donors (Lipinski definition) is 1. The average Bonchev–Trinajstić information content (AvgIpc) is 2.49. The lowest BCUT2D eigenvalue weighted by molar-refractivity contribution is -0.147. The fourth-order valence-corrected chi connectivity index (χ4v) is 4.13. The van der Waals surface area contributed by atoms with E-state index in [1.807, 2.05) is 13.8 Å². The van der Waals surface area contributed by atoms with Crippen LogP contribution in [-0.2, 0) is 24.5 Å². The molecule has 0 saturated carbocycles. The molecular weight excluding hydrogens is 284 g/mol. The number of carbonyl (C=O) groups is 1. The minimum atomic E-state index is -3.71. The largest absolute Gasteiger partial charge is 0.458 e. The molecule has 0 aromatic rings. The van der Waals surface area contributed by atoms with Crippen molar-refractivity contribution in [1.29, 1.82) is 0 Å². The van der Waals surface area contributed by atoms with Crippen LogP contribution in [-0.4, -0.2) is 55.6 Å². The molecule has 2 heterocycles. The summed E-state index contributed by atoms with van der Waals surface area (Å²) in [5, 5.41) is 0. The summed E-state index contributed by atoms with van der Waals surface area (Å²) < 4.78 is 39.1. The van der Waals surface area contributed by atoms with Crippen molar-refractivity contribution in [3.63, 3.8) is 0 Å². The van der Waals surface area contributed by atoms with E-state index < -0.39 is 27.8 Å². The van der Waals surface area contributed by atoms with Gasteiger partial charge >= 0.3 is 5.97 Å². The minimum Gasteiger partial charge on any atom is -0.458 e.